The van der Waals surface area contributed by atoms with Crippen molar-refractivity contribution in [3.63, 3.8) is 0 Å². The first-order chi connectivity index (χ1) is 3.72. The van der Waals surface area contributed by atoms with E-state index in [0.29, 0.717) is 6.29 Å². The number of carbonyl (C=O) groups is 1. The molecular weight excluding hydrogens is 114 g/mol. The first-order valence-electron chi connectivity index (χ1n) is 2.45. The smallest absolute Gasteiger partial charge is 0.247 e. The van der Waals surface area contributed by atoms with Crippen LogP contribution in [0.2, 0.25) is 0 Å². The highest BCUT2D eigenvalue weighted by molar-refractivity contribution is 5.53. The second kappa shape index (κ2) is 3.52. The minimum Gasteiger partial charge on any atom is -0.303 e. The second-order valence-electron chi connectivity index (χ2n) is 1.54. The summed E-state index contributed by atoms with van der Waals surface area (Å²) in [7, 11) is 0. The molecule has 3 heteroatoms. The fourth-order valence-electron chi connectivity index (χ4n) is 0.334. The lowest BCUT2D eigenvalue weighted by Gasteiger charge is -2.01. The highest BCUT2D eigenvalue weighted by atomic mass is 19.3. The summed E-state index contributed by atoms with van der Waals surface area (Å²) in [6.45, 7) is 1.56. The van der Waals surface area contributed by atoms with Crippen LogP contribution < -0.4 is 0 Å². The molecule has 0 radical (unpaired) electrons. The Balaban J connectivity index is 3.51. The highest BCUT2D eigenvalue weighted by Crippen LogP contribution is 2.09. The molecule has 0 rings (SSSR count). The maximum Gasteiger partial charge on any atom is 0.247 e. The van der Waals surface area contributed by atoms with Gasteiger partial charge in [0.2, 0.25) is 6.43 Å². The lowest BCUT2D eigenvalue weighted by Crippen LogP contribution is -2.10. The quantitative estimate of drug-likeness (QED) is 0.518. The average molecular weight is 122 g/mol. The van der Waals surface area contributed by atoms with Crippen LogP contribution >= 0.6 is 0 Å². The number of aldehydes is 1. The fourth-order valence-corrected chi connectivity index (χ4v) is 0.334. The fraction of sp³-hybridized carbons (Fsp3) is 0.800. The molecule has 1 atom stereocenters. The first kappa shape index (κ1) is 7.53. The largest absolute Gasteiger partial charge is 0.303 e. The van der Waals surface area contributed by atoms with Gasteiger partial charge in [0.1, 0.15) is 6.29 Å². The molecule has 0 saturated heterocycles. The van der Waals surface area contributed by atoms with Gasteiger partial charge in [-0.2, -0.15) is 0 Å². The van der Waals surface area contributed by atoms with Crippen molar-refractivity contribution in [3.8, 4) is 0 Å². The van der Waals surface area contributed by atoms with Crippen LogP contribution in [0.4, 0.5) is 8.78 Å². The molecular formula is C5H8F2O. The van der Waals surface area contributed by atoms with Crippen molar-refractivity contribution in [2.24, 2.45) is 5.92 Å². The zero-order valence-corrected chi connectivity index (χ0v) is 4.60. The van der Waals surface area contributed by atoms with Gasteiger partial charge in [-0.1, -0.05) is 6.92 Å². The van der Waals surface area contributed by atoms with E-state index in [1.165, 1.54) is 0 Å². The van der Waals surface area contributed by atoms with Crippen molar-refractivity contribution in [1.29, 1.82) is 0 Å². The van der Waals surface area contributed by atoms with Gasteiger partial charge in [0.15, 0.2) is 0 Å². The molecule has 0 N–H and O–H groups in total. The molecule has 0 aromatic rings. The monoisotopic (exact) mass is 122 g/mol. The Morgan fingerprint density at radius 1 is 1.62 bits per heavy atom. The van der Waals surface area contributed by atoms with Crippen molar-refractivity contribution in [2.45, 2.75) is 19.8 Å². The van der Waals surface area contributed by atoms with Crippen LogP contribution in [-0.2, 0) is 4.79 Å². The minimum absolute atomic E-state index is 0.223. The second-order valence-corrected chi connectivity index (χ2v) is 1.54. The molecule has 0 aromatic carbocycles. The maximum atomic E-state index is 11.5. The summed E-state index contributed by atoms with van der Waals surface area (Å²) in [6, 6.07) is 0. The van der Waals surface area contributed by atoms with Gasteiger partial charge in [0.25, 0.3) is 0 Å². The third kappa shape index (κ3) is 2.00. The zero-order chi connectivity index (χ0) is 6.57. The van der Waals surface area contributed by atoms with Crippen molar-refractivity contribution in [3.05, 3.63) is 0 Å². The summed E-state index contributed by atoms with van der Waals surface area (Å²) in [5.74, 6) is -1.06. The van der Waals surface area contributed by atoms with Gasteiger partial charge in [0.05, 0.1) is 5.92 Å². The number of hydrogen-bond donors (Lipinski definition) is 0. The summed E-state index contributed by atoms with van der Waals surface area (Å²) in [5.41, 5.74) is 0. The van der Waals surface area contributed by atoms with Crippen molar-refractivity contribution < 1.29 is 13.6 Å². The molecule has 1 unspecified atom stereocenters. The van der Waals surface area contributed by atoms with E-state index >= 15 is 0 Å². The SMILES string of the molecule is CCC(C=O)C(F)F. The lowest BCUT2D eigenvalue weighted by atomic mass is 10.1. The van der Waals surface area contributed by atoms with Gasteiger partial charge in [-0.25, -0.2) is 8.78 Å². The van der Waals surface area contributed by atoms with E-state index in [-0.39, 0.29) is 6.42 Å². The predicted octanol–water partition coefficient (Wildman–Crippen LogP) is 1.48. The molecule has 0 bridgehead atoms. The van der Waals surface area contributed by atoms with E-state index in [2.05, 4.69) is 0 Å². The van der Waals surface area contributed by atoms with Crippen molar-refractivity contribution in [2.75, 3.05) is 0 Å². The van der Waals surface area contributed by atoms with E-state index in [1.807, 2.05) is 0 Å². The van der Waals surface area contributed by atoms with Gasteiger partial charge < -0.3 is 4.79 Å². The van der Waals surface area contributed by atoms with Gasteiger partial charge in [0, 0.05) is 0 Å². The molecule has 0 aliphatic carbocycles. The van der Waals surface area contributed by atoms with E-state index in [0.717, 1.165) is 0 Å². The average Bonchev–Trinajstić information content (AvgIpc) is 1.69. The normalized spacial score (nSPS) is 14.0. The lowest BCUT2D eigenvalue weighted by molar-refractivity contribution is -0.115. The topological polar surface area (TPSA) is 17.1 Å². The van der Waals surface area contributed by atoms with E-state index in [9.17, 15) is 13.6 Å². The zero-order valence-electron chi connectivity index (χ0n) is 4.60. The molecule has 0 amide bonds. The van der Waals surface area contributed by atoms with E-state index in [1.54, 1.807) is 6.92 Å². The molecule has 48 valence electrons. The Bertz CT molecular complexity index is 72.8. The summed E-state index contributed by atoms with van der Waals surface area (Å²) < 4.78 is 22.9. The number of rotatable bonds is 3. The molecule has 0 spiro atoms. The number of alkyl halides is 2. The molecule has 0 heterocycles. The molecule has 0 aromatic heterocycles. The molecule has 0 aliphatic heterocycles. The van der Waals surface area contributed by atoms with Crippen molar-refractivity contribution in [1.82, 2.24) is 0 Å². The number of halogens is 2. The predicted molar refractivity (Wildman–Crippen MR) is 25.8 cm³/mol. The van der Waals surface area contributed by atoms with E-state index in [4.69, 9.17) is 0 Å². The molecule has 8 heavy (non-hydrogen) atoms. The summed E-state index contributed by atoms with van der Waals surface area (Å²) in [4.78, 5) is 9.70. The third-order valence-electron chi connectivity index (χ3n) is 0.970. The van der Waals surface area contributed by atoms with Crippen LogP contribution in [0.3, 0.4) is 0 Å². The van der Waals surface area contributed by atoms with Crippen LogP contribution in [0.25, 0.3) is 0 Å². The number of hydrogen-bond acceptors (Lipinski definition) is 1. The summed E-state index contributed by atoms with van der Waals surface area (Å²) >= 11 is 0. The Hall–Kier alpha value is -0.470. The summed E-state index contributed by atoms with van der Waals surface area (Å²) in [5, 5.41) is 0. The Kier molecular flexibility index (Phi) is 3.31. The molecule has 0 fully saturated rings. The van der Waals surface area contributed by atoms with Crippen LogP contribution in [0.5, 0.6) is 0 Å². The summed E-state index contributed by atoms with van der Waals surface area (Å²) in [6.07, 6.45) is -1.97. The van der Waals surface area contributed by atoms with Gasteiger partial charge in [-0.3, -0.25) is 0 Å². The Labute approximate surface area is 46.7 Å². The maximum absolute atomic E-state index is 11.5. The van der Waals surface area contributed by atoms with Crippen molar-refractivity contribution >= 4 is 6.29 Å². The Morgan fingerprint density at radius 3 is 2.12 bits per heavy atom. The van der Waals surface area contributed by atoms with Gasteiger partial charge in [-0.15, -0.1) is 0 Å². The van der Waals surface area contributed by atoms with Crippen LogP contribution in [0.1, 0.15) is 13.3 Å². The van der Waals surface area contributed by atoms with Gasteiger partial charge in [-0.05, 0) is 6.42 Å². The highest BCUT2D eigenvalue weighted by Gasteiger charge is 2.15. The molecule has 0 aliphatic rings. The Morgan fingerprint density at radius 2 is 2.12 bits per heavy atom. The first-order valence-corrected chi connectivity index (χ1v) is 2.45. The number of carbonyl (C=O) groups excluding carboxylic acids is 1. The van der Waals surface area contributed by atoms with Gasteiger partial charge >= 0.3 is 0 Å². The molecule has 1 nitrogen and oxygen atoms in total. The van der Waals surface area contributed by atoms with E-state index < -0.39 is 12.3 Å². The molecule has 0 saturated carbocycles. The standard InChI is InChI=1S/C5H8F2O/c1-2-4(3-8)5(6)7/h3-5H,2H2,1H3. The minimum atomic E-state index is -2.49. The van der Waals surface area contributed by atoms with Crippen LogP contribution in [0.15, 0.2) is 0 Å². The van der Waals surface area contributed by atoms with Crippen LogP contribution in [0, 0.1) is 5.92 Å². The third-order valence-corrected chi connectivity index (χ3v) is 0.970. The van der Waals surface area contributed by atoms with Crippen LogP contribution in [-0.4, -0.2) is 12.7 Å².